The van der Waals surface area contributed by atoms with Crippen LogP contribution in [0, 0.1) is 5.82 Å². The molecule has 8 heteroatoms. The van der Waals surface area contributed by atoms with E-state index in [1.54, 1.807) is 42.5 Å². The average Bonchev–Trinajstić information content (AvgIpc) is 3.26. The Kier molecular flexibility index (Phi) is 5.56. The fraction of sp³-hybridized carbons (Fsp3) is 0.130. The lowest BCUT2D eigenvalue weighted by Crippen LogP contribution is -2.37. The molecule has 0 N–H and O–H groups in total. The highest BCUT2D eigenvalue weighted by atomic mass is 32.2. The van der Waals surface area contributed by atoms with E-state index in [0.29, 0.717) is 11.3 Å². The van der Waals surface area contributed by atoms with Gasteiger partial charge in [-0.3, -0.25) is 9.79 Å². The molecule has 31 heavy (non-hydrogen) atoms. The first-order chi connectivity index (χ1) is 14.9. The zero-order valence-corrected chi connectivity index (χ0v) is 17.4. The Hall–Kier alpha value is -3.52. The van der Waals surface area contributed by atoms with Gasteiger partial charge in [-0.2, -0.15) is 0 Å². The first kappa shape index (κ1) is 20.7. The molecule has 6 nitrogen and oxygen atoms in total. The van der Waals surface area contributed by atoms with E-state index in [1.165, 1.54) is 43.5 Å². The van der Waals surface area contributed by atoms with Crippen LogP contribution in [-0.4, -0.2) is 44.0 Å². The Morgan fingerprint density at radius 3 is 2.26 bits per heavy atom. The highest BCUT2D eigenvalue weighted by Gasteiger charge is 2.38. The van der Waals surface area contributed by atoms with Crippen LogP contribution in [0.1, 0.15) is 15.9 Å². The van der Waals surface area contributed by atoms with Crippen molar-refractivity contribution < 1.29 is 22.3 Å². The molecule has 0 fully saturated rings. The highest BCUT2D eigenvalue weighted by Crippen LogP contribution is 2.27. The molecular weight excluding hydrogens is 419 g/mol. The average molecular weight is 438 g/mol. The molecule has 0 spiro atoms. The zero-order chi connectivity index (χ0) is 22.0. The minimum absolute atomic E-state index is 0.103. The molecule has 1 heterocycles. The number of nitrogens with zero attached hydrogens (tertiary/aromatic N) is 2. The van der Waals surface area contributed by atoms with Crippen LogP contribution < -0.4 is 4.74 Å². The van der Waals surface area contributed by atoms with E-state index in [1.807, 2.05) is 0 Å². The number of halogens is 1. The van der Waals surface area contributed by atoms with Crippen LogP contribution in [0.15, 0.2) is 88.8 Å². The van der Waals surface area contributed by atoms with Crippen LogP contribution in [0.2, 0.25) is 0 Å². The number of carbonyl (C=O) groups excluding carboxylic acids is 1. The maximum atomic E-state index is 13.4. The van der Waals surface area contributed by atoms with Crippen molar-refractivity contribution >= 4 is 21.6 Å². The van der Waals surface area contributed by atoms with Crippen molar-refractivity contribution in [3.63, 3.8) is 0 Å². The molecule has 0 saturated carbocycles. The van der Waals surface area contributed by atoms with Gasteiger partial charge in [-0.05, 0) is 60.7 Å². The third-order valence-corrected chi connectivity index (χ3v) is 6.73. The van der Waals surface area contributed by atoms with Crippen LogP contribution in [0.25, 0.3) is 0 Å². The van der Waals surface area contributed by atoms with Crippen molar-refractivity contribution in [2.45, 2.75) is 10.9 Å². The molecule has 4 rings (SSSR count). The molecule has 0 saturated heterocycles. The van der Waals surface area contributed by atoms with Gasteiger partial charge < -0.3 is 4.74 Å². The molecule has 158 valence electrons. The molecule has 0 amide bonds. The van der Waals surface area contributed by atoms with Gasteiger partial charge in [0.15, 0.2) is 5.78 Å². The molecule has 3 aromatic carbocycles. The monoisotopic (exact) mass is 438 g/mol. The molecule has 1 unspecified atom stereocenters. The minimum Gasteiger partial charge on any atom is -0.497 e. The number of ether oxygens (including phenoxy) is 1. The summed E-state index contributed by atoms with van der Waals surface area (Å²) in [6.45, 7) is -0.144. The summed E-state index contributed by atoms with van der Waals surface area (Å²) in [5.41, 5.74) is 0.804. The molecular formula is C23H19FN2O4S. The van der Waals surface area contributed by atoms with Gasteiger partial charge in [0.05, 0.1) is 18.6 Å². The Morgan fingerprint density at radius 1 is 1.00 bits per heavy atom. The van der Waals surface area contributed by atoms with Crippen molar-refractivity contribution in [1.29, 1.82) is 0 Å². The van der Waals surface area contributed by atoms with Gasteiger partial charge in [-0.1, -0.05) is 18.2 Å². The SMILES string of the molecule is COc1ccc(C2=NC(C(=O)c3ccc(F)cc3)CN2S(=O)(=O)c2ccccc2)cc1. The number of rotatable bonds is 6. The number of sulfonamides is 1. The van der Waals surface area contributed by atoms with E-state index in [2.05, 4.69) is 4.99 Å². The molecule has 1 aliphatic heterocycles. The molecule has 3 aromatic rings. The van der Waals surface area contributed by atoms with Crippen LogP contribution in [-0.2, 0) is 10.0 Å². The van der Waals surface area contributed by atoms with E-state index in [9.17, 15) is 17.6 Å². The Labute approximate surface area is 179 Å². The van der Waals surface area contributed by atoms with Gasteiger partial charge in [0.2, 0.25) is 0 Å². The predicted molar refractivity (Wildman–Crippen MR) is 114 cm³/mol. The number of hydrogen-bond donors (Lipinski definition) is 0. The molecule has 0 radical (unpaired) electrons. The van der Waals surface area contributed by atoms with Gasteiger partial charge in [0.25, 0.3) is 10.0 Å². The van der Waals surface area contributed by atoms with E-state index < -0.39 is 21.9 Å². The van der Waals surface area contributed by atoms with Gasteiger partial charge in [0, 0.05) is 11.1 Å². The van der Waals surface area contributed by atoms with Crippen LogP contribution in [0.3, 0.4) is 0 Å². The summed E-state index contributed by atoms with van der Waals surface area (Å²) in [7, 11) is -2.41. The number of ketones is 1. The topological polar surface area (TPSA) is 76.0 Å². The Morgan fingerprint density at radius 2 is 1.65 bits per heavy atom. The van der Waals surface area contributed by atoms with Crippen molar-refractivity contribution in [1.82, 2.24) is 4.31 Å². The smallest absolute Gasteiger partial charge is 0.265 e. The Bertz CT molecular complexity index is 1220. The summed E-state index contributed by atoms with van der Waals surface area (Å²) in [6, 6.07) is 18.9. The first-order valence-corrected chi connectivity index (χ1v) is 10.9. The summed E-state index contributed by atoms with van der Waals surface area (Å²) in [5, 5.41) is 0. The zero-order valence-electron chi connectivity index (χ0n) is 16.6. The van der Waals surface area contributed by atoms with Gasteiger partial charge >= 0.3 is 0 Å². The predicted octanol–water partition coefficient (Wildman–Crippen LogP) is 3.54. The molecule has 0 aromatic heterocycles. The lowest BCUT2D eigenvalue weighted by atomic mass is 10.1. The summed E-state index contributed by atoms with van der Waals surface area (Å²) < 4.78 is 46.3. The largest absolute Gasteiger partial charge is 0.497 e. The lowest BCUT2D eigenvalue weighted by molar-refractivity contribution is 0.0964. The minimum atomic E-state index is -3.95. The molecule has 1 atom stereocenters. The number of methoxy groups -OCH3 is 1. The maximum Gasteiger partial charge on any atom is 0.265 e. The van der Waals surface area contributed by atoms with Crippen LogP contribution >= 0.6 is 0 Å². The number of hydrogen-bond acceptors (Lipinski definition) is 5. The van der Waals surface area contributed by atoms with Crippen LogP contribution in [0.5, 0.6) is 5.75 Å². The van der Waals surface area contributed by atoms with Crippen molar-refractivity contribution in [3.05, 3.63) is 95.8 Å². The normalized spacial score (nSPS) is 16.1. The summed E-state index contributed by atoms with van der Waals surface area (Å²) in [5.74, 6) is -0.0545. The third kappa shape index (κ3) is 4.06. The van der Waals surface area contributed by atoms with Gasteiger partial charge in [-0.25, -0.2) is 17.1 Å². The lowest BCUT2D eigenvalue weighted by Gasteiger charge is -2.21. The second-order valence-electron chi connectivity index (χ2n) is 6.92. The second kappa shape index (κ2) is 8.31. The second-order valence-corrected chi connectivity index (χ2v) is 8.78. The van der Waals surface area contributed by atoms with Crippen molar-refractivity contribution in [2.75, 3.05) is 13.7 Å². The standard InChI is InChI=1S/C23H19FN2O4S/c1-30-19-13-9-17(10-14-19)23-25-21(22(27)16-7-11-18(24)12-8-16)15-26(23)31(28,29)20-5-3-2-4-6-20/h2-14,21H,15H2,1H3. The number of Topliss-reactive ketones (excluding diaryl/α,β-unsaturated/α-hetero) is 1. The number of benzene rings is 3. The quantitative estimate of drug-likeness (QED) is 0.552. The fourth-order valence-corrected chi connectivity index (χ4v) is 4.81. The van der Waals surface area contributed by atoms with E-state index in [0.717, 1.165) is 4.31 Å². The highest BCUT2D eigenvalue weighted by molar-refractivity contribution is 7.89. The van der Waals surface area contributed by atoms with Crippen molar-refractivity contribution in [2.24, 2.45) is 4.99 Å². The number of carbonyl (C=O) groups is 1. The number of aliphatic imine (C=N–C) groups is 1. The van der Waals surface area contributed by atoms with E-state index >= 15 is 0 Å². The maximum absolute atomic E-state index is 13.4. The van der Waals surface area contributed by atoms with E-state index in [4.69, 9.17) is 4.74 Å². The molecule has 1 aliphatic rings. The Balaban J connectivity index is 1.75. The van der Waals surface area contributed by atoms with Gasteiger partial charge in [-0.15, -0.1) is 0 Å². The third-order valence-electron chi connectivity index (χ3n) is 4.96. The van der Waals surface area contributed by atoms with Gasteiger partial charge in [0.1, 0.15) is 23.4 Å². The number of amidine groups is 1. The summed E-state index contributed by atoms with van der Waals surface area (Å²) in [6.07, 6.45) is 0. The summed E-state index contributed by atoms with van der Waals surface area (Å²) in [4.78, 5) is 17.5. The summed E-state index contributed by atoms with van der Waals surface area (Å²) >= 11 is 0. The first-order valence-electron chi connectivity index (χ1n) is 9.50. The van der Waals surface area contributed by atoms with E-state index in [-0.39, 0.29) is 28.6 Å². The molecule has 0 aliphatic carbocycles. The molecule has 0 bridgehead atoms. The fourth-order valence-electron chi connectivity index (χ4n) is 3.33. The van der Waals surface area contributed by atoms with Crippen molar-refractivity contribution in [3.8, 4) is 5.75 Å². The van der Waals surface area contributed by atoms with Crippen LogP contribution in [0.4, 0.5) is 4.39 Å².